The largest absolute Gasteiger partial charge is 0.444 e. The van der Waals surface area contributed by atoms with E-state index in [0.29, 0.717) is 18.7 Å². The molecule has 9 heteroatoms. The molecule has 1 aromatic carbocycles. The number of hydrogen-bond acceptors (Lipinski definition) is 4. The van der Waals surface area contributed by atoms with Gasteiger partial charge in [-0.1, -0.05) is 17.7 Å². The van der Waals surface area contributed by atoms with E-state index in [2.05, 4.69) is 0 Å². The van der Waals surface area contributed by atoms with Gasteiger partial charge in [0.05, 0.1) is 20.2 Å². The van der Waals surface area contributed by atoms with Gasteiger partial charge in [0, 0.05) is 24.8 Å². The van der Waals surface area contributed by atoms with Crippen molar-refractivity contribution in [1.82, 2.24) is 4.90 Å². The average Bonchev–Trinajstić information content (AvgIpc) is 2.44. The fourth-order valence-electron chi connectivity index (χ4n) is 3.84. The molecule has 1 heterocycles. The lowest BCUT2D eigenvalue weighted by atomic mass is 9.60. The van der Waals surface area contributed by atoms with E-state index in [1.165, 1.54) is 6.07 Å². The molecule has 1 N–H and O–H groups in total. The standard InChI is InChI=1S/C20H25F3N2O3S/c1-18(2,3)28-17(26)25-11-19(12-25)9-13(10-19)7-14-5-6-15(20(21,22)23)8-16(14)29(4,24)27/h5-8,24H,9-12H2,1-4H3. The topological polar surface area (TPSA) is 70.5 Å². The van der Waals surface area contributed by atoms with Gasteiger partial charge >= 0.3 is 12.3 Å². The maximum atomic E-state index is 13.0. The van der Waals surface area contributed by atoms with E-state index in [1.54, 1.807) is 11.0 Å². The van der Waals surface area contributed by atoms with Crippen LogP contribution in [0.25, 0.3) is 6.08 Å². The van der Waals surface area contributed by atoms with E-state index in [-0.39, 0.29) is 16.4 Å². The number of rotatable bonds is 2. The second kappa shape index (κ2) is 6.75. The number of amides is 1. The monoisotopic (exact) mass is 430 g/mol. The molecular formula is C20H25F3N2O3S. The van der Waals surface area contributed by atoms with Gasteiger partial charge in [-0.2, -0.15) is 13.2 Å². The first kappa shape index (κ1) is 21.7. The van der Waals surface area contributed by atoms with Crippen molar-refractivity contribution in [2.75, 3.05) is 19.3 Å². The van der Waals surface area contributed by atoms with Gasteiger partial charge in [0.15, 0.2) is 0 Å². The summed E-state index contributed by atoms with van der Waals surface area (Å²) < 4.78 is 64.3. The molecule has 1 spiro atoms. The minimum Gasteiger partial charge on any atom is -0.444 e. The zero-order chi connectivity index (χ0) is 21.8. The number of carbonyl (C=O) groups excluding carboxylic acids is 1. The zero-order valence-electron chi connectivity index (χ0n) is 16.9. The summed E-state index contributed by atoms with van der Waals surface area (Å²) in [6.07, 6.45) is -0.606. The minimum atomic E-state index is -4.55. The average molecular weight is 430 g/mol. The summed E-state index contributed by atoms with van der Waals surface area (Å²) in [4.78, 5) is 13.6. The van der Waals surface area contributed by atoms with Crippen LogP contribution in [0.2, 0.25) is 0 Å². The van der Waals surface area contributed by atoms with Crippen LogP contribution in [0.4, 0.5) is 18.0 Å². The van der Waals surface area contributed by atoms with Crippen molar-refractivity contribution in [2.24, 2.45) is 5.41 Å². The molecule has 1 aromatic rings. The lowest BCUT2D eigenvalue weighted by Gasteiger charge is -2.56. The molecule has 2 fully saturated rings. The summed E-state index contributed by atoms with van der Waals surface area (Å²) in [5.41, 5.74) is -0.0723. The van der Waals surface area contributed by atoms with Crippen molar-refractivity contribution in [3.05, 3.63) is 34.9 Å². The number of nitrogens with one attached hydrogen (secondary N) is 1. The number of halogens is 3. The van der Waals surface area contributed by atoms with Crippen LogP contribution >= 0.6 is 0 Å². The van der Waals surface area contributed by atoms with Gasteiger partial charge in [-0.25, -0.2) is 13.8 Å². The molecule has 1 aliphatic heterocycles. The Morgan fingerprint density at radius 1 is 1.24 bits per heavy atom. The van der Waals surface area contributed by atoms with E-state index in [0.717, 1.165) is 36.8 Å². The number of alkyl halides is 3. The fourth-order valence-corrected chi connectivity index (χ4v) is 4.77. The van der Waals surface area contributed by atoms with Crippen molar-refractivity contribution in [3.8, 4) is 0 Å². The number of benzene rings is 1. The molecule has 5 nitrogen and oxygen atoms in total. The first-order chi connectivity index (χ1) is 13.1. The summed E-state index contributed by atoms with van der Waals surface area (Å²) in [5, 5.41) is 0. The first-order valence-electron chi connectivity index (χ1n) is 9.21. The number of likely N-dealkylation sites (tertiary alicyclic amines) is 1. The summed E-state index contributed by atoms with van der Waals surface area (Å²) >= 11 is 0. The summed E-state index contributed by atoms with van der Waals surface area (Å²) in [5.74, 6) is 0. The Labute approximate surface area is 168 Å². The highest BCUT2D eigenvalue weighted by molar-refractivity contribution is 7.91. The Bertz CT molecular complexity index is 960. The third-order valence-electron chi connectivity index (χ3n) is 5.03. The second-order valence-corrected chi connectivity index (χ2v) is 11.2. The van der Waals surface area contributed by atoms with Crippen LogP contribution in [0.3, 0.4) is 0 Å². The predicted octanol–water partition coefficient (Wildman–Crippen LogP) is 5.16. The highest BCUT2D eigenvalue weighted by Crippen LogP contribution is 2.52. The lowest BCUT2D eigenvalue weighted by molar-refractivity contribution is -0.137. The van der Waals surface area contributed by atoms with E-state index in [1.807, 2.05) is 20.8 Å². The quantitative estimate of drug-likeness (QED) is 0.705. The maximum Gasteiger partial charge on any atom is 0.416 e. The second-order valence-electron chi connectivity index (χ2n) is 9.09. The molecule has 1 saturated carbocycles. The number of hydrogen-bond donors (Lipinski definition) is 1. The van der Waals surface area contributed by atoms with Gasteiger partial charge in [-0.15, -0.1) is 0 Å². The normalized spacial score (nSPS) is 20.5. The van der Waals surface area contributed by atoms with Gasteiger partial charge < -0.3 is 9.64 Å². The number of carbonyl (C=O) groups is 1. The number of allylic oxidation sites excluding steroid dienone is 1. The molecule has 1 unspecified atom stereocenters. The minimum absolute atomic E-state index is 0.0105. The van der Waals surface area contributed by atoms with Crippen molar-refractivity contribution < 1.29 is 26.9 Å². The van der Waals surface area contributed by atoms with Gasteiger partial charge in [0.2, 0.25) is 0 Å². The van der Waals surface area contributed by atoms with Gasteiger partial charge in [0.25, 0.3) is 0 Å². The molecule has 1 saturated heterocycles. The molecule has 1 aliphatic carbocycles. The van der Waals surface area contributed by atoms with Crippen LogP contribution in [-0.2, 0) is 20.6 Å². The van der Waals surface area contributed by atoms with Crippen LogP contribution in [0.1, 0.15) is 44.7 Å². The van der Waals surface area contributed by atoms with E-state index in [9.17, 15) is 22.2 Å². The van der Waals surface area contributed by atoms with Crippen molar-refractivity contribution in [1.29, 1.82) is 4.78 Å². The van der Waals surface area contributed by atoms with Crippen molar-refractivity contribution in [3.63, 3.8) is 0 Å². The molecule has 0 bridgehead atoms. The van der Waals surface area contributed by atoms with E-state index >= 15 is 0 Å². The smallest absolute Gasteiger partial charge is 0.416 e. The van der Waals surface area contributed by atoms with Gasteiger partial charge in [-0.05, 0) is 51.3 Å². The third-order valence-corrected chi connectivity index (χ3v) is 6.22. The van der Waals surface area contributed by atoms with Crippen molar-refractivity contribution in [2.45, 2.75) is 50.3 Å². The summed E-state index contributed by atoms with van der Waals surface area (Å²) in [6, 6.07) is 3.04. The Hall–Kier alpha value is -2.03. The predicted molar refractivity (Wildman–Crippen MR) is 104 cm³/mol. The summed E-state index contributed by atoms with van der Waals surface area (Å²) in [6.45, 7) is 6.60. The Morgan fingerprint density at radius 3 is 2.31 bits per heavy atom. The highest BCUT2D eigenvalue weighted by Gasteiger charge is 2.52. The zero-order valence-corrected chi connectivity index (χ0v) is 17.7. The fraction of sp³-hybridized carbons (Fsp3) is 0.550. The molecule has 3 rings (SSSR count). The number of ether oxygens (including phenoxy) is 1. The number of nitrogens with zero attached hydrogens (tertiary/aromatic N) is 1. The summed E-state index contributed by atoms with van der Waals surface area (Å²) in [7, 11) is -3.32. The maximum absolute atomic E-state index is 13.0. The Balaban J connectivity index is 1.71. The molecule has 0 aromatic heterocycles. The molecule has 1 amide bonds. The van der Waals surface area contributed by atoms with Gasteiger partial charge in [0.1, 0.15) is 5.60 Å². The highest BCUT2D eigenvalue weighted by atomic mass is 32.2. The molecule has 160 valence electrons. The first-order valence-corrected chi connectivity index (χ1v) is 11.2. The van der Waals surface area contributed by atoms with Crippen LogP contribution in [-0.4, -0.2) is 40.1 Å². The molecule has 0 radical (unpaired) electrons. The van der Waals surface area contributed by atoms with Crippen LogP contribution < -0.4 is 0 Å². The van der Waals surface area contributed by atoms with E-state index < -0.39 is 27.1 Å². The van der Waals surface area contributed by atoms with Crippen molar-refractivity contribution >= 4 is 21.9 Å². The lowest BCUT2D eigenvalue weighted by Crippen LogP contribution is -2.62. The van der Waals surface area contributed by atoms with Crippen LogP contribution in [0, 0.1) is 10.2 Å². The Morgan fingerprint density at radius 2 is 1.83 bits per heavy atom. The molecule has 2 aliphatic rings. The molecular weight excluding hydrogens is 405 g/mol. The third kappa shape index (κ3) is 4.76. The van der Waals surface area contributed by atoms with Crippen LogP contribution in [0.5, 0.6) is 0 Å². The molecule has 1 atom stereocenters. The van der Waals surface area contributed by atoms with Gasteiger partial charge in [-0.3, -0.25) is 0 Å². The van der Waals surface area contributed by atoms with E-state index in [4.69, 9.17) is 9.52 Å². The molecule has 29 heavy (non-hydrogen) atoms. The van der Waals surface area contributed by atoms with Crippen LogP contribution in [0.15, 0.2) is 28.7 Å². The Kier molecular flexibility index (Phi) is 5.05. The SMILES string of the molecule is CC(C)(C)OC(=O)N1CC2(CC(=Cc3ccc(C(F)(F)F)cc3S(C)(=N)=O)C2)C1.